The minimum atomic E-state index is -0.708. The van der Waals surface area contributed by atoms with Gasteiger partial charge in [-0.15, -0.1) is 0 Å². The predicted octanol–water partition coefficient (Wildman–Crippen LogP) is 1.88. The van der Waals surface area contributed by atoms with Crippen LogP contribution in [0.3, 0.4) is 0 Å². The van der Waals surface area contributed by atoms with Gasteiger partial charge in [-0.3, -0.25) is 4.79 Å². The first-order chi connectivity index (χ1) is 6.66. The number of hydrogen-bond acceptors (Lipinski definition) is 1. The molecule has 0 aromatic heterocycles. The maximum absolute atomic E-state index is 13.3. The largest absolute Gasteiger partial charge is 0.366 e. The Labute approximate surface area is 81.9 Å². The van der Waals surface area contributed by atoms with Gasteiger partial charge >= 0.3 is 0 Å². The minimum Gasteiger partial charge on any atom is -0.366 e. The fourth-order valence-corrected chi connectivity index (χ4v) is 1.54. The van der Waals surface area contributed by atoms with E-state index in [4.69, 9.17) is 5.73 Å². The van der Waals surface area contributed by atoms with Crippen molar-refractivity contribution in [3.8, 4) is 0 Å². The van der Waals surface area contributed by atoms with Gasteiger partial charge in [-0.1, -0.05) is 6.07 Å². The van der Waals surface area contributed by atoms with Crippen LogP contribution >= 0.6 is 0 Å². The van der Waals surface area contributed by atoms with Crippen LogP contribution in [0.15, 0.2) is 18.2 Å². The summed E-state index contributed by atoms with van der Waals surface area (Å²) in [4.78, 5) is 10.7. The molecule has 0 atom stereocenters. The molecule has 0 aliphatic heterocycles. The van der Waals surface area contributed by atoms with Gasteiger partial charge in [0.2, 0.25) is 0 Å². The summed E-state index contributed by atoms with van der Waals surface area (Å²) >= 11 is 0. The van der Waals surface area contributed by atoms with E-state index in [1.165, 1.54) is 25.0 Å². The molecule has 2 N–H and O–H groups in total. The molecule has 0 bridgehead atoms. The average molecular weight is 193 g/mol. The van der Waals surface area contributed by atoms with Gasteiger partial charge in [0.25, 0.3) is 5.91 Å². The Bertz CT molecular complexity index is 372. The van der Waals surface area contributed by atoms with Crippen LogP contribution < -0.4 is 5.73 Å². The quantitative estimate of drug-likeness (QED) is 0.782. The molecule has 2 rings (SSSR count). The molecule has 0 unspecified atom stereocenters. The molecule has 74 valence electrons. The number of nitrogens with two attached hydrogens (primary N) is 1. The molecule has 1 aromatic carbocycles. The van der Waals surface area contributed by atoms with Crippen LogP contribution in [-0.4, -0.2) is 5.91 Å². The zero-order valence-electron chi connectivity index (χ0n) is 7.79. The highest BCUT2D eigenvalue weighted by Gasteiger charge is 2.22. The summed E-state index contributed by atoms with van der Waals surface area (Å²) in [6, 6.07) is 4.66. The normalized spacial score (nSPS) is 15.5. The standard InChI is InChI=1S/C11H12FNO/c12-10-6-8(5-7-1-2-7)3-4-9(10)11(13)14/h3-4,6-7H,1-2,5H2,(H2,13,14). The summed E-state index contributed by atoms with van der Waals surface area (Å²) in [6.45, 7) is 0. The summed E-state index contributed by atoms with van der Waals surface area (Å²) in [5.41, 5.74) is 5.93. The van der Waals surface area contributed by atoms with Crippen molar-refractivity contribution in [1.29, 1.82) is 0 Å². The molecule has 1 aliphatic rings. The van der Waals surface area contributed by atoms with E-state index in [1.54, 1.807) is 6.07 Å². The van der Waals surface area contributed by atoms with Gasteiger partial charge in [-0.2, -0.15) is 0 Å². The maximum atomic E-state index is 13.3. The molecule has 1 amide bonds. The van der Waals surface area contributed by atoms with Crippen LogP contribution in [0.25, 0.3) is 0 Å². The number of hydrogen-bond donors (Lipinski definition) is 1. The number of halogens is 1. The van der Waals surface area contributed by atoms with Crippen molar-refractivity contribution in [2.24, 2.45) is 11.7 Å². The summed E-state index contributed by atoms with van der Waals surface area (Å²) in [6.07, 6.45) is 3.38. The molecule has 1 saturated carbocycles. The van der Waals surface area contributed by atoms with Crippen molar-refractivity contribution in [2.45, 2.75) is 19.3 Å². The topological polar surface area (TPSA) is 43.1 Å². The van der Waals surface area contributed by atoms with Gasteiger partial charge in [-0.05, 0) is 42.9 Å². The molecular weight excluding hydrogens is 181 g/mol. The van der Waals surface area contributed by atoms with Crippen LogP contribution in [0.1, 0.15) is 28.8 Å². The molecule has 0 spiro atoms. The molecule has 1 fully saturated rings. The van der Waals surface area contributed by atoms with Gasteiger partial charge in [0, 0.05) is 0 Å². The summed E-state index contributed by atoms with van der Waals surface area (Å²) < 4.78 is 13.3. The third-order valence-electron chi connectivity index (χ3n) is 2.52. The van der Waals surface area contributed by atoms with Crippen LogP contribution in [0.5, 0.6) is 0 Å². The lowest BCUT2D eigenvalue weighted by atomic mass is 10.1. The van der Waals surface area contributed by atoms with Crippen LogP contribution in [0.2, 0.25) is 0 Å². The second-order valence-corrected chi connectivity index (χ2v) is 3.83. The average Bonchev–Trinajstić information content (AvgIpc) is 2.87. The SMILES string of the molecule is NC(=O)c1ccc(CC2CC2)cc1F. The summed E-state index contributed by atoms with van der Waals surface area (Å²) in [7, 11) is 0. The Balaban J connectivity index is 2.20. The lowest BCUT2D eigenvalue weighted by molar-refractivity contribution is 0.0996. The smallest absolute Gasteiger partial charge is 0.251 e. The highest BCUT2D eigenvalue weighted by molar-refractivity contribution is 5.93. The number of rotatable bonds is 3. The molecule has 2 nitrogen and oxygen atoms in total. The van der Waals surface area contributed by atoms with E-state index < -0.39 is 11.7 Å². The van der Waals surface area contributed by atoms with Crippen molar-refractivity contribution in [2.75, 3.05) is 0 Å². The van der Waals surface area contributed by atoms with Gasteiger partial charge in [0.1, 0.15) is 5.82 Å². The number of amides is 1. The molecule has 1 aromatic rings. The summed E-state index contributed by atoms with van der Waals surface area (Å²) in [5, 5.41) is 0. The molecule has 0 radical (unpaired) electrons. The van der Waals surface area contributed by atoms with E-state index in [2.05, 4.69) is 0 Å². The number of carbonyl (C=O) groups is 1. The number of primary amides is 1. The van der Waals surface area contributed by atoms with Gasteiger partial charge < -0.3 is 5.73 Å². The Hall–Kier alpha value is -1.38. The van der Waals surface area contributed by atoms with Crippen LogP contribution in [-0.2, 0) is 6.42 Å². The van der Waals surface area contributed by atoms with Crippen molar-refractivity contribution >= 4 is 5.91 Å². The molecule has 14 heavy (non-hydrogen) atoms. The fraction of sp³-hybridized carbons (Fsp3) is 0.364. The fourth-order valence-electron chi connectivity index (χ4n) is 1.54. The van der Waals surface area contributed by atoms with E-state index in [0.29, 0.717) is 5.92 Å². The predicted molar refractivity (Wildman–Crippen MR) is 51.3 cm³/mol. The molecule has 0 heterocycles. The third kappa shape index (κ3) is 1.92. The van der Waals surface area contributed by atoms with E-state index in [9.17, 15) is 9.18 Å². The van der Waals surface area contributed by atoms with E-state index in [1.807, 2.05) is 0 Å². The summed E-state index contributed by atoms with van der Waals surface area (Å²) in [5.74, 6) is -0.495. The van der Waals surface area contributed by atoms with Crippen LogP contribution in [0, 0.1) is 11.7 Å². The second kappa shape index (κ2) is 3.40. The van der Waals surface area contributed by atoms with Crippen molar-refractivity contribution in [3.63, 3.8) is 0 Å². The first kappa shape index (κ1) is 9.19. The van der Waals surface area contributed by atoms with Crippen molar-refractivity contribution in [3.05, 3.63) is 35.1 Å². The maximum Gasteiger partial charge on any atom is 0.251 e. The lowest BCUT2D eigenvalue weighted by Gasteiger charge is -2.02. The van der Waals surface area contributed by atoms with Crippen molar-refractivity contribution in [1.82, 2.24) is 0 Å². The molecule has 3 heteroatoms. The molecular formula is C11H12FNO. The van der Waals surface area contributed by atoms with E-state index >= 15 is 0 Å². The molecule has 0 saturated heterocycles. The van der Waals surface area contributed by atoms with Crippen molar-refractivity contribution < 1.29 is 9.18 Å². The zero-order chi connectivity index (χ0) is 10.1. The third-order valence-corrected chi connectivity index (χ3v) is 2.52. The van der Waals surface area contributed by atoms with Crippen LogP contribution in [0.4, 0.5) is 4.39 Å². The lowest BCUT2D eigenvalue weighted by Crippen LogP contribution is -2.13. The van der Waals surface area contributed by atoms with E-state index in [-0.39, 0.29) is 5.56 Å². The first-order valence-corrected chi connectivity index (χ1v) is 4.75. The first-order valence-electron chi connectivity index (χ1n) is 4.75. The zero-order valence-corrected chi connectivity index (χ0v) is 7.79. The Morgan fingerprint density at radius 3 is 2.71 bits per heavy atom. The Kier molecular flexibility index (Phi) is 2.23. The number of carbonyl (C=O) groups excluding carboxylic acids is 1. The second-order valence-electron chi connectivity index (χ2n) is 3.83. The highest BCUT2D eigenvalue weighted by Crippen LogP contribution is 2.32. The van der Waals surface area contributed by atoms with Gasteiger partial charge in [0.05, 0.1) is 5.56 Å². The van der Waals surface area contributed by atoms with Gasteiger partial charge in [0.15, 0.2) is 0 Å². The highest BCUT2D eigenvalue weighted by atomic mass is 19.1. The Morgan fingerprint density at radius 1 is 1.50 bits per heavy atom. The monoisotopic (exact) mass is 193 g/mol. The van der Waals surface area contributed by atoms with Gasteiger partial charge in [-0.25, -0.2) is 4.39 Å². The minimum absolute atomic E-state index is 0.0236. The molecule has 1 aliphatic carbocycles. The Morgan fingerprint density at radius 2 is 2.21 bits per heavy atom. The number of benzene rings is 1. The van der Waals surface area contributed by atoms with E-state index in [0.717, 1.165) is 12.0 Å².